The highest BCUT2D eigenvalue weighted by Crippen LogP contribution is 2.32. The predicted octanol–water partition coefficient (Wildman–Crippen LogP) is 1.88. The fraction of sp³-hybridized carbons (Fsp3) is 0.333. The van der Waals surface area contributed by atoms with Crippen molar-refractivity contribution in [1.29, 1.82) is 0 Å². The summed E-state index contributed by atoms with van der Waals surface area (Å²) < 4.78 is 21.9. The van der Waals surface area contributed by atoms with E-state index in [4.69, 9.17) is 18.9 Å². The van der Waals surface area contributed by atoms with Crippen LogP contribution in [0.1, 0.15) is 5.56 Å². The maximum atomic E-state index is 5.92. The topological polar surface area (TPSA) is 62.7 Å². The van der Waals surface area contributed by atoms with Crippen molar-refractivity contribution in [3.8, 4) is 23.4 Å². The number of benzene rings is 1. The summed E-state index contributed by atoms with van der Waals surface area (Å²) in [5, 5.41) is 0. The number of hydrogen-bond acceptors (Lipinski definition) is 6. The minimum absolute atomic E-state index is 0.106. The van der Waals surface area contributed by atoms with E-state index in [0.717, 1.165) is 17.1 Å². The van der Waals surface area contributed by atoms with E-state index in [0.29, 0.717) is 18.9 Å². The average molecular weight is 288 g/mol. The first-order chi connectivity index (χ1) is 10.3. The molecule has 0 N–H and O–H groups in total. The first-order valence-corrected chi connectivity index (χ1v) is 6.62. The van der Waals surface area contributed by atoms with Crippen molar-refractivity contribution < 1.29 is 18.9 Å². The van der Waals surface area contributed by atoms with Crippen LogP contribution in [-0.4, -0.2) is 36.9 Å². The Morgan fingerprint density at radius 2 is 2.00 bits per heavy atom. The Morgan fingerprint density at radius 1 is 1.19 bits per heavy atom. The van der Waals surface area contributed by atoms with Crippen molar-refractivity contribution in [2.24, 2.45) is 0 Å². The Morgan fingerprint density at radius 3 is 2.76 bits per heavy atom. The zero-order valence-electron chi connectivity index (χ0n) is 11.9. The van der Waals surface area contributed by atoms with Gasteiger partial charge in [-0.25, -0.2) is 4.98 Å². The summed E-state index contributed by atoms with van der Waals surface area (Å²) in [5.74, 6) is 2.01. The van der Waals surface area contributed by atoms with Crippen molar-refractivity contribution in [1.82, 2.24) is 9.97 Å². The third kappa shape index (κ3) is 2.84. The van der Waals surface area contributed by atoms with E-state index in [1.165, 1.54) is 7.11 Å². The van der Waals surface area contributed by atoms with Gasteiger partial charge in [-0.3, -0.25) is 0 Å². The molecular formula is C15H16N2O4. The molecule has 1 atom stereocenters. The van der Waals surface area contributed by atoms with Gasteiger partial charge in [-0.1, -0.05) is 12.1 Å². The van der Waals surface area contributed by atoms with Gasteiger partial charge >= 0.3 is 6.01 Å². The fourth-order valence-corrected chi connectivity index (χ4v) is 2.20. The second-order valence-electron chi connectivity index (χ2n) is 4.59. The van der Waals surface area contributed by atoms with Crippen LogP contribution in [0, 0.1) is 0 Å². The van der Waals surface area contributed by atoms with Crippen LogP contribution in [0.2, 0.25) is 0 Å². The number of aromatic nitrogens is 2. The number of ether oxygens (including phenoxy) is 4. The summed E-state index contributed by atoms with van der Waals surface area (Å²) in [6.45, 7) is 0.478. The van der Waals surface area contributed by atoms with Crippen LogP contribution >= 0.6 is 0 Å². The Balaban J connectivity index is 1.76. The molecule has 6 heteroatoms. The molecule has 110 valence electrons. The minimum Gasteiger partial charge on any atom is -0.486 e. The molecule has 1 unspecified atom stereocenters. The zero-order chi connectivity index (χ0) is 14.7. The fourth-order valence-electron chi connectivity index (χ4n) is 2.20. The quantitative estimate of drug-likeness (QED) is 0.856. The van der Waals surface area contributed by atoms with Crippen LogP contribution in [0.5, 0.6) is 23.4 Å². The molecule has 6 nitrogen and oxygen atoms in total. The van der Waals surface area contributed by atoms with Crippen LogP contribution in [0.25, 0.3) is 0 Å². The van der Waals surface area contributed by atoms with Crippen molar-refractivity contribution in [2.75, 3.05) is 20.8 Å². The third-order valence-corrected chi connectivity index (χ3v) is 3.19. The molecule has 1 aliphatic rings. The largest absolute Gasteiger partial charge is 0.486 e. The van der Waals surface area contributed by atoms with E-state index >= 15 is 0 Å². The van der Waals surface area contributed by atoms with E-state index in [1.54, 1.807) is 13.3 Å². The van der Waals surface area contributed by atoms with Gasteiger partial charge in [0.25, 0.3) is 0 Å². The van der Waals surface area contributed by atoms with Crippen molar-refractivity contribution in [3.05, 3.63) is 36.0 Å². The summed E-state index contributed by atoms with van der Waals surface area (Å²) in [5.41, 5.74) is 0.853. The number of rotatable bonds is 4. The molecule has 21 heavy (non-hydrogen) atoms. The summed E-state index contributed by atoms with van der Waals surface area (Å²) >= 11 is 0. The first kappa shape index (κ1) is 13.5. The van der Waals surface area contributed by atoms with Crippen LogP contribution in [-0.2, 0) is 6.42 Å². The van der Waals surface area contributed by atoms with E-state index in [2.05, 4.69) is 9.97 Å². The molecule has 0 aliphatic carbocycles. The number of fused-ring (bicyclic) bond motifs is 1. The van der Waals surface area contributed by atoms with Gasteiger partial charge in [-0.15, -0.1) is 0 Å². The number of nitrogens with zero attached hydrogens (tertiary/aromatic N) is 2. The Hall–Kier alpha value is -2.50. The molecule has 0 fully saturated rings. The van der Waals surface area contributed by atoms with Crippen LogP contribution in [0.15, 0.2) is 30.5 Å². The Labute approximate surface area is 122 Å². The lowest BCUT2D eigenvalue weighted by Crippen LogP contribution is -2.31. The van der Waals surface area contributed by atoms with Crippen molar-refractivity contribution in [2.45, 2.75) is 12.5 Å². The van der Waals surface area contributed by atoms with Gasteiger partial charge in [-0.05, 0) is 12.1 Å². The van der Waals surface area contributed by atoms with Gasteiger partial charge in [0.15, 0.2) is 11.5 Å². The molecule has 0 spiro atoms. The van der Waals surface area contributed by atoms with Crippen molar-refractivity contribution >= 4 is 0 Å². The number of methoxy groups -OCH3 is 2. The van der Waals surface area contributed by atoms with Crippen LogP contribution < -0.4 is 18.9 Å². The lowest BCUT2D eigenvalue weighted by Gasteiger charge is -2.26. The molecule has 1 aromatic carbocycles. The highest BCUT2D eigenvalue weighted by molar-refractivity contribution is 5.41. The molecule has 0 amide bonds. The minimum atomic E-state index is -0.106. The molecule has 0 bridgehead atoms. The molecule has 2 aromatic rings. The molecule has 0 radical (unpaired) electrons. The summed E-state index contributed by atoms with van der Waals surface area (Å²) in [7, 11) is 3.09. The summed E-state index contributed by atoms with van der Waals surface area (Å²) in [6.07, 6.45) is 2.18. The normalized spacial score (nSPS) is 16.4. The lowest BCUT2D eigenvalue weighted by atomic mass is 10.1. The van der Waals surface area contributed by atoms with Crippen molar-refractivity contribution in [3.63, 3.8) is 0 Å². The SMILES string of the molecule is COc1ncc(CC2COc3ccccc3O2)c(OC)n1. The average Bonchev–Trinajstić information content (AvgIpc) is 2.55. The van der Waals surface area contributed by atoms with Gasteiger partial charge in [0.1, 0.15) is 12.7 Å². The maximum Gasteiger partial charge on any atom is 0.319 e. The second-order valence-corrected chi connectivity index (χ2v) is 4.59. The predicted molar refractivity (Wildman–Crippen MR) is 75.2 cm³/mol. The standard InChI is InChI=1S/C15H16N2O4/c1-18-14-10(8-16-15(17-14)19-2)7-11-9-20-12-5-3-4-6-13(12)21-11/h3-6,8,11H,7,9H2,1-2H3. The molecular weight excluding hydrogens is 272 g/mol. The maximum absolute atomic E-state index is 5.92. The monoisotopic (exact) mass is 288 g/mol. The highest BCUT2D eigenvalue weighted by Gasteiger charge is 2.23. The summed E-state index contributed by atoms with van der Waals surface area (Å²) in [4.78, 5) is 8.27. The number of hydrogen-bond donors (Lipinski definition) is 0. The molecule has 0 saturated heterocycles. The zero-order valence-corrected chi connectivity index (χ0v) is 11.9. The highest BCUT2D eigenvalue weighted by atomic mass is 16.6. The molecule has 0 saturated carbocycles. The van der Waals surface area contributed by atoms with E-state index < -0.39 is 0 Å². The third-order valence-electron chi connectivity index (χ3n) is 3.19. The van der Waals surface area contributed by atoms with E-state index in [9.17, 15) is 0 Å². The van der Waals surface area contributed by atoms with E-state index in [1.807, 2.05) is 24.3 Å². The summed E-state index contributed by atoms with van der Waals surface area (Å²) in [6, 6.07) is 7.90. The Kier molecular flexibility index (Phi) is 3.77. The van der Waals surface area contributed by atoms with Crippen LogP contribution in [0.3, 0.4) is 0 Å². The molecule has 2 heterocycles. The molecule has 1 aromatic heterocycles. The van der Waals surface area contributed by atoms with Gasteiger partial charge in [0, 0.05) is 18.2 Å². The molecule has 3 rings (SSSR count). The van der Waals surface area contributed by atoms with E-state index in [-0.39, 0.29) is 12.1 Å². The lowest BCUT2D eigenvalue weighted by molar-refractivity contribution is 0.0906. The second kappa shape index (κ2) is 5.87. The smallest absolute Gasteiger partial charge is 0.319 e. The Bertz CT molecular complexity index is 633. The van der Waals surface area contributed by atoms with Crippen LogP contribution in [0.4, 0.5) is 0 Å². The van der Waals surface area contributed by atoms with Gasteiger partial charge in [0.05, 0.1) is 14.2 Å². The van der Waals surface area contributed by atoms with Gasteiger partial charge in [-0.2, -0.15) is 4.98 Å². The molecule has 1 aliphatic heterocycles. The number of para-hydroxylation sites is 2. The first-order valence-electron chi connectivity index (χ1n) is 6.62. The van der Waals surface area contributed by atoms with Gasteiger partial charge in [0.2, 0.25) is 5.88 Å². The van der Waals surface area contributed by atoms with Gasteiger partial charge < -0.3 is 18.9 Å².